The van der Waals surface area contributed by atoms with Crippen LogP contribution in [0.15, 0.2) is 42.5 Å². The van der Waals surface area contributed by atoms with E-state index in [1.54, 1.807) is 31.4 Å². The first-order chi connectivity index (χ1) is 19.0. The van der Waals surface area contributed by atoms with E-state index in [0.29, 0.717) is 41.6 Å². The highest BCUT2D eigenvalue weighted by Crippen LogP contribution is 2.30. The number of hydrogen-bond donors (Lipinski definition) is 1. The van der Waals surface area contributed by atoms with Crippen LogP contribution in [-0.2, 0) is 4.79 Å². The molecule has 0 spiro atoms. The maximum Gasteiger partial charge on any atom is 0.256 e. The molecule has 2 heterocycles. The van der Waals surface area contributed by atoms with Crippen molar-refractivity contribution < 1.29 is 19.1 Å². The zero-order valence-corrected chi connectivity index (χ0v) is 23.0. The molecule has 8 nitrogen and oxygen atoms in total. The van der Waals surface area contributed by atoms with Crippen LogP contribution >= 0.6 is 0 Å². The monoisotopic (exact) mass is 532 g/mol. The van der Waals surface area contributed by atoms with Crippen LogP contribution in [0.4, 0.5) is 11.4 Å². The molecule has 2 saturated heterocycles. The fraction of sp³-hybridized carbons (Fsp3) is 0.516. The number of carbonyl (C=O) groups excluding carboxylic acids is 3. The Morgan fingerprint density at radius 2 is 1.56 bits per heavy atom. The van der Waals surface area contributed by atoms with Crippen molar-refractivity contribution in [2.75, 3.05) is 56.6 Å². The van der Waals surface area contributed by atoms with Crippen molar-refractivity contribution in [3.8, 4) is 5.75 Å². The number of piperidine rings is 1. The Kier molecular flexibility index (Phi) is 8.69. The maximum atomic E-state index is 13.8. The van der Waals surface area contributed by atoms with Gasteiger partial charge in [0.25, 0.3) is 11.8 Å². The minimum Gasteiger partial charge on any atom is -0.497 e. The Balaban J connectivity index is 1.37. The van der Waals surface area contributed by atoms with Crippen LogP contribution in [0.25, 0.3) is 0 Å². The second kappa shape index (κ2) is 12.5. The topological polar surface area (TPSA) is 82.2 Å². The third-order valence-corrected chi connectivity index (χ3v) is 8.31. The predicted molar refractivity (Wildman–Crippen MR) is 153 cm³/mol. The van der Waals surface area contributed by atoms with Gasteiger partial charge in [0, 0.05) is 62.1 Å². The van der Waals surface area contributed by atoms with Crippen molar-refractivity contribution in [3.63, 3.8) is 0 Å². The molecule has 39 heavy (non-hydrogen) atoms. The fourth-order valence-corrected chi connectivity index (χ4v) is 6.11. The quantitative estimate of drug-likeness (QED) is 0.578. The van der Waals surface area contributed by atoms with Crippen LogP contribution in [0.3, 0.4) is 0 Å². The van der Waals surface area contributed by atoms with Crippen LogP contribution in [0.5, 0.6) is 5.75 Å². The third kappa shape index (κ3) is 6.37. The van der Waals surface area contributed by atoms with Crippen molar-refractivity contribution >= 4 is 29.1 Å². The van der Waals surface area contributed by atoms with Gasteiger partial charge in [-0.05, 0) is 74.9 Å². The number of ether oxygens (including phenoxy) is 1. The van der Waals surface area contributed by atoms with Crippen LogP contribution in [0.1, 0.15) is 72.1 Å². The molecule has 0 radical (unpaired) electrons. The second-order valence-electron chi connectivity index (χ2n) is 10.9. The van der Waals surface area contributed by atoms with E-state index in [0.717, 1.165) is 83.2 Å². The summed E-state index contributed by atoms with van der Waals surface area (Å²) in [5, 5.41) is 2.97. The molecule has 1 N–H and O–H groups in total. The number of anilines is 2. The highest BCUT2D eigenvalue weighted by Gasteiger charge is 2.30. The lowest BCUT2D eigenvalue weighted by Gasteiger charge is -2.31. The minimum atomic E-state index is -0.256. The summed E-state index contributed by atoms with van der Waals surface area (Å²) in [5.74, 6) is 0.842. The number of carbonyl (C=O) groups is 3. The van der Waals surface area contributed by atoms with Gasteiger partial charge in [0.05, 0.1) is 12.7 Å². The molecule has 5 rings (SSSR count). The lowest BCUT2D eigenvalue weighted by Crippen LogP contribution is -2.39. The number of benzene rings is 2. The molecule has 3 fully saturated rings. The molecular weight excluding hydrogens is 492 g/mol. The molecule has 0 bridgehead atoms. The fourth-order valence-electron chi connectivity index (χ4n) is 6.11. The lowest BCUT2D eigenvalue weighted by molar-refractivity contribution is -0.135. The Bertz CT molecular complexity index is 1190. The molecular formula is C31H40N4O4. The van der Waals surface area contributed by atoms with Crippen LogP contribution < -0.4 is 15.0 Å². The van der Waals surface area contributed by atoms with E-state index in [1.165, 1.54) is 0 Å². The molecule has 3 amide bonds. The third-order valence-electron chi connectivity index (χ3n) is 8.31. The van der Waals surface area contributed by atoms with Gasteiger partial charge in [0.2, 0.25) is 5.91 Å². The first-order valence-corrected chi connectivity index (χ1v) is 14.5. The summed E-state index contributed by atoms with van der Waals surface area (Å²) in [4.78, 5) is 46.1. The smallest absolute Gasteiger partial charge is 0.256 e. The van der Waals surface area contributed by atoms with Crippen molar-refractivity contribution in [1.29, 1.82) is 0 Å². The maximum absolute atomic E-state index is 13.8. The molecule has 2 aromatic carbocycles. The second-order valence-corrected chi connectivity index (χ2v) is 10.9. The van der Waals surface area contributed by atoms with Gasteiger partial charge in [-0.2, -0.15) is 0 Å². The van der Waals surface area contributed by atoms with Crippen molar-refractivity contribution in [1.82, 2.24) is 9.80 Å². The Morgan fingerprint density at radius 1 is 0.795 bits per heavy atom. The van der Waals surface area contributed by atoms with E-state index in [4.69, 9.17) is 4.74 Å². The van der Waals surface area contributed by atoms with Crippen molar-refractivity contribution in [2.24, 2.45) is 5.92 Å². The summed E-state index contributed by atoms with van der Waals surface area (Å²) >= 11 is 0. The highest BCUT2D eigenvalue weighted by molar-refractivity contribution is 6.06. The number of amides is 3. The van der Waals surface area contributed by atoms with Gasteiger partial charge >= 0.3 is 0 Å². The number of nitrogens with one attached hydrogen (secondary N) is 1. The summed E-state index contributed by atoms with van der Waals surface area (Å²) in [6.07, 6.45) is 8.35. The van der Waals surface area contributed by atoms with E-state index >= 15 is 0 Å². The van der Waals surface area contributed by atoms with Crippen LogP contribution in [0, 0.1) is 5.92 Å². The van der Waals surface area contributed by atoms with E-state index < -0.39 is 0 Å². The number of hydrogen-bond acceptors (Lipinski definition) is 5. The zero-order chi connectivity index (χ0) is 27.2. The van der Waals surface area contributed by atoms with E-state index in [9.17, 15) is 14.4 Å². The average Bonchev–Trinajstić information content (AvgIpc) is 3.42. The number of methoxy groups -OCH3 is 1. The average molecular weight is 533 g/mol. The molecule has 208 valence electrons. The SMILES string of the molecule is COc1cccc(C(=O)Nc2ccc(N3CCCN(C(=O)C4CCCC4)CC3)c(C(=O)N3CCCCC3)c2)c1. The molecule has 0 unspecified atom stereocenters. The summed E-state index contributed by atoms with van der Waals surface area (Å²) in [6, 6.07) is 12.6. The standard InChI is InChI=1S/C31H40N4O4/c1-39-26-12-7-11-24(21-26)29(36)32-25-13-14-28(27(22-25)31(38)34-15-5-2-6-16-34)33-17-8-18-35(20-19-33)30(37)23-9-3-4-10-23/h7,11-14,21-23H,2-6,8-10,15-20H2,1H3,(H,32,36). The Morgan fingerprint density at radius 3 is 2.33 bits per heavy atom. The zero-order valence-electron chi connectivity index (χ0n) is 23.0. The van der Waals surface area contributed by atoms with E-state index in [2.05, 4.69) is 10.2 Å². The van der Waals surface area contributed by atoms with Gasteiger partial charge in [-0.1, -0.05) is 18.9 Å². The van der Waals surface area contributed by atoms with Gasteiger partial charge in [0.1, 0.15) is 5.75 Å². The summed E-state index contributed by atoms with van der Waals surface area (Å²) in [6.45, 7) is 4.40. The molecule has 0 atom stereocenters. The minimum absolute atomic E-state index is 0.00492. The van der Waals surface area contributed by atoms with Gasteiger partial charge in [-0.3, -0.25) is 14.4 Å². The normalized spacial score (nSPS) is 18.5. The Labute approximate surface area is 231 Å². The van der Waals surface area contributed by atoms with Gasteiger partial charge < -0.3 is 24.8 Å². The molecule has 1 saturated carbocycles. The van der Waals surface area contributed by atoms with Gasteiger partial charge in [-0.25, -0.2) is 0 Å². The van der Waals surface area contributed by atoms with Crippen LogP contribution in [0.2, 0.25) is 0 Å². The molecule has 2 aliphatic heterocycles. The van der Waals surface area contributed by atoms with Crippen molar-refractivity contribution in [2.45, 2.75) is 51.4 Å². The summed E-state index contributed by atoms with van der Waals surface area (Å²) in [5.41, 5.74) is 2.55. The van der Waals surface area contributed by atoms with E-state index in [-0.39, 0.29) is 17.7 Å². The lowest BCUT2D eigenvalue weighted by atomic mass is 10.1. The largest absolute Gasteiger partial charge is 0.497 e. The van der Waals surface area contributed by atoms with Crippen LogP contribution in [-0.4, -0.2) is 73.9 Å². The van der Waals surface area contributed by atoms with Gasteiger partial charge in [0.15, 0.2) is 0 Å². The van der Waals surface area contributed by atoms with Gasteiger partial charge in [-0.15, -0.1) is 0 Å². The molecule has 2 aromatic rings. The number of nitrogens with zero attached hydrogens (tertiary/aromatic N) is 3. The van der Waals surface area contributed by atoms with Crippen molar-refractivity contribution in [3.05, 3.63) is 53.6 Å². The summed E-state index contributed by atoms with van der Waals surface area (Å²) < 4.78 is 5.26. The molecule has 3 aliphatic rings. The first-order valence-electron chi connectivity index (χ1n) is 14.5. The summed E-state index contributed by atoms with van der Waals surface area (Å²) in [7, 11) is 1.57. The number of likely N-dealkylation sites (tertiary alicyclic amines) is 1. The van der Waals surface area contributed by atoms with E-state index in [1.807, 2.05) is 28.0 Å². The number of rotatable bonds is 6. The predicted octanol–water partition coefficient (Wildman–Crippen LogP) is 4.80. The molecule has 8 heteroatoms. The molecule has 0 aromatic heterocycles. The highest BCUT2D eigenvalue weighted by atomic mass is 16.5. The first kappa shape index (κ1) is 27.0. The Hall–Kier alpha value is -3.55. The molecule has 1 aliphatic carbocycles.